The number of rotatable bonds is 8. The third-order valence-corrected chi connectivity index (χ3v) is 6.60. The first-order valence-corrected chi connectivity index (χ1v) is 12.2. The van der Waals surface area contributed by atoms with E-state index in [9.17, 15) is 13.2 Å². The quantitative estimate of drug-likeness (QED) is 0.395. The molecule has 0 amide bonds. The van der Waals surface area contributed by atoms with E-state index >= 15 is 0 Å². The molecule has 0 spiro atoms. The van der Waals surface area contributed by atoms with Gasteiger partial charge in [0.2, 0.25) is 0 Å². The van der Waals surface area contributed by atoms with Crippen molar-refractivity contribution < 1.29 is 13.2 Å². The maximum absolute atomic E-state index is 13.0. The lowest BCUT2D eigenvalue weighted by Crippen LogP contribution is -2.37. The van der Waals surface area contributed by atoms with E-state index in [1.165, 1.54) is 37.9 Å². The highest BCUT2D eigenvalue weighted by molar-refractivity contribution is 6.30. The summed E-state index contributed by atoms with van der Waals surface area (Å²) in [5.41, 5.74) is 2.47. The molecule has 8 heteroatoms. The van der Waals surface area contributed by atoms with E-state index in [1.54, 1.807) is 16.8 Å². The summed E-state index contributed by atoms with van der Waals surface area (Å²) in [5.74, 6) is 0.631. The zero-order chi connectivity index (χ0) is 24.1. The average molecular weight is 491 g/mol. The molecule has 1 aliphatic rings. The van der Waals surface area contributed by atoms with Crippen LogP contribution in [0.2, 0.25) is 5.02 Å². The SMILES string of the molecule is CCCN1CCC(CNCc2cc(-c3ccc(Cl)cc3)nn2-c2ccc(C(F)(F)F)cc2)CC1. The Balaban J connectivity index is 1.50. The number of aromatic nitrogens is 2. The molecule has 0 bridgehead atoms. The maximum atomic E-state index is 13.0. The van der Waals surface area contributed by atoms with Crippen LogP contribution >= 0.6 is 11.6 Å². The molecule has 2 aromatic carbocycles. The molecule has 1 saturated heterocycles. The number of benzene rings is 2. The molecule has 4 nitrogen and oxygen atoms in total. The van der Waals surface area contributed by atoms with Crippen LogP contribution in [-0.2, 0) is 12.7 Å². The average Bonchev–Trinajstić information content (AvgIpc) is 3.24. The van der Waals surface area contributed by atoms with E-state index in [1.807, 2.05) is 18.2 Å². The van der Waals surface area contributed by atoms with E-state index in [4.69, 9.17) is 16.7 Å². The van der Waals surface area contributed by atoms with Gasteiger partial charge in [-0.05, 0) is 93.8 Å². The van der Waals surface area contributed by atoms with Crippen LogP contribution in [0, 0.1) is 5.92 Å². The van der Waals surface area contributed by atoms with Crippen molar-refractivity contribution in [3.63, 3.8) is 0 Å². The lowest BCUT2D eigenvalue weighted by molar-refractivity contribution is -0.137. The van der Waals surface area contributed by atoms with Crippen LogP contribution in [0.4, 0.5) is 13.2 Å². The summed E-state index contributed by atoms with van der Waals surface area (Å²) in [7, 11) is 0. The molecule has 182 valence electrons. The van der Waals surface area contributed by atoms with Gasteiger partial charge in [0.05, 0.1) is 22.6 Å². The van der Waals surface area contributed by atoms with E-state index < -0.39 is 11.7 Å². The van der Waals surface area contributed by atoms with Crippen LogP contribution < -0.4 is 5.32 Å². The summed E-state index contributed by atoms with van der Waals surface area (Å²) in [4.78, 5) is 2.52. The smallest absolute Gasteiger partial charge is 0.311 e. The molecule has 4 rings (SSSR count). The molecule has 0 aliphatic carbocycles. The first kappa shape index (κ1) is 24.8. The van der Waals surface area contributed by atoms with E-state index in [0.717, 1.165) is 48.7 Å². The molecule has 1 aliphatic heterocycles. The molecule has 3 aromatic rings. The lowest BCUT2D eigenvalue weighted by Gasteiger charge is -2.31. The van der Waals surface area contributed by atoms with Crippen molar-refractivity contribution in [2.45, 2.75) is 38.9 Å². The molecule has 34 heavy (non-hydrogen) atoms. The van der Waals surface area contributed by atoms with E-state index in [2.05, 4.69) is 17.1 Å². The zero-order valence-corrected chi connectivity index (χ0v) is 20.0. The normalized spacial score (nSPS) is 15.7. The standard InChI is InChI=1S/C26H30ClF3N4/c1-2-13-33-14-11-19(12-15-33)17-31-18-24-16-25(20-3-7-22(27)8-4-20)32-34(24)23-9-5-21(6-10-23)26(28,29)30/h3-10,16,19,31H,2,11-15,17-18H2,1H3. The minimum atomic E-state index is -4.37. The van der Waals surface area contributed by atoms with Gasteiger partial charge in [-0.15, -0.1) is 0 Å². The van der Waals surface area contributed by atoms with Crippen LogP contribution in [0.3, 0.4) is 0 Å². The number of hydrogen-bond donors (Lipinski definition) is 1. The molecule has 0 unspecified atom stereocenters. The van der Waals surface area contributed by atoms with Crippen LogP contribution in [-0.4, -0.2) is 40.9 Å². The third kappa shape index (κ3) is 6.20. The minimum absolute atomic E-state index is 0.580. The van der Waals surface area contributed by atoms with Gasteiger partial charge in [0.1, 0.15) is 0 Å². The fourth-order valence-corrected chi connectivity index (χ4v) is 4.58. The van der Waals surface area contributed by atoms with Crippen molar-refractivity contribution in [2.75, 3.05) is 26.2 Å². The first-order valence-electron chi connectivity index (χ1n) is 11.8. The monoisotopic (exact) mass is 490 g/mol. The van der Waals surface area contributed by atoms with Crippen molar-refractivity contribution in [2.24, 2.45) is 5.92 Å². The van der Waals surface area contributed by atoms with Gasteiger partial charge in [-0.3, -0.25) is 0 Å². The third-order valence-electron chi connectivity index (χ3n) is 6.35. The Morgan fingerprint density at radius 1 is 1.03 bits per heavy atom. The summed E-state index contributed by atoms with van der Waals surface area (Å²) >= 11 is 6.02. The molecule has 0 atom stereocenters. The Labute approximate surface area is 203 Å². The van der Waals surface area contributed by atoms with E-state index in [-0.39, 0.29) is 0 Å². The van der Waals surface area contributed by atoms with Crippen molar-refractivity contribution >= 4 is 11.6 Å². The molecule has 1 aromatic heterocycles. The zero-order valence-electron chi connectivity index (χ0n) is 19.3. The topological polar surface area (TPSA) is 33.1 Å². The molecule has 0 radical (unpaired) electrons. The molecular weight excluding hydrogens is 461 g/mol. The van der Waals surface area contributed by atoms with Gasteiger partial charge < -0.3 is 10.2 Å². The second-order valence-electron chi connectivity index (χ2n) is 8.90. The predicted molar refractivity (Wildman–Crippen MR) is 130 cm³/mol. The molecule has 1 fully saturated rings. The Bertz CT molecular complexity index is 1050. The second kappa shape index (κ2) is 10.9. The number of likely N-dealkylation sites (tertiary alicyclic amines) is 1. The van der Waals surface area contributed by atoms with Crippen LogP contribution in [0.5, 0.6) is 0 Å². The molecule has 0 saturated carbocycles. The lowest BCUT2D eigenvalue weighted by atomic mass is 9.96. The first-order chi connectivity index (χ1) is 16.3. The highest BCUT2D eigenvalue weighted by Gasteiger charge is 2.30. The molecule has 2 heterocycles. The fraction of sp³-hybridized carbons (Fsp3) is 0.423. The molecular formula is C26H30ClF3N4. The van der Waals surface area contributed by atoms with Crippen LogP contribution in [0.25, 0.3) is 16.9 Å². The Kier molecular flexibility index (Phi) is 7.96. The minimum Gasteiger partial charge on any atom is -0.311 e. The summed E-state index contributed by atoms with van der Waals surface area (Å²) < 4.78 is 40.8. The largest absolute Gasteiger partial charge is 0.416 e. The number of alkyl halides is 3. The van der Waals surface area contributed by atoms with Gasteiger partial charge in [0.15, 0.2) is 0 Å². The Hall–Kier alpha value is -2.35. The highest BCUT2D eigenvalue weighted by Crippen LogP contribution is 2.30. The molecule has 1 N–H and O–H groups in total. The summed E-state index contributed by atoms with van der Waals surface area (Å²) in [6.45, 7) is 7.16. The number of piperidine rings is 1. The predicted octanol–water partition coefficient (Wildman–Crippen LogP) is 6.42. The van der Waals surface area contributed by atoms with Gasteiger partial charge in [0.25, 0.3) is 0 Å². The highest BCUT2D eigenvalue weighted by atomic mass is 35.5. The fourth-order valence-electron chi connectivity index (χ4n) is 4.46. The van der Waals surface area contributed by atoms with Crippen LogP contribution in [0.1, 0.15) is 37.4 Å². The van der Waals surface area contributed by atoms with Crippen molar-refractivity contribution in [3.05, 3.63) is 70.9 Å². The van der Waals surface area contributed by atoms with Gasteiger partial charge in [-0.2, -0.15) is 18.3 Å². The number of hydrogen-bond acceptors (Lipinski definition) is 3. The summed E-state index contributed by atoms with van der Waals surface area (Å²) in [5, 5.41) is 8.91. The van der Waals surface area contributed by atoms with Gasteiger partial charge in [-0.25, -0.2) is 4.68 Å². The number of halogens is 4. The van der Waals surface area contributed by atoms with Gasteiger partial charge in [-0.1, -0.05) is 30.7 Å². The Morgan fingerprint density at radius 3 is 2.32 bits per heavy atom. The summed E-state index contributed by atoms with van der Waals surface area (Å²) in [6, 6.07) is 14.5. The Morgan fingerprint density at radius 2 is 1.71 bits per heavy atom. The second-order valence-corrected chi connectivity index (χ2v) is 9.34. The van der Waals surface area contributed by atoms with E-state index in [0.29, 0.717) is 23.2 Å². The van der Waals surface area contributed by atoms with Crippen molar-refractivity contribution in [1.82, 2.24) is 20.0 Å². The number of nitrogens with zero attached hydrogens (tertiary/aromatic N) is 3. The van der Waals surface area contributed by atoms with Crippen LogP contribution in [0.15, 0.2) is 54.6 Å². The van der Waals surface area contributed by atoms with Crippen molar-refractivity contribution in [3.8, 4) is 16.9 Å². The summed E-state index contributed by atoms with van der Waals surface area (Å²) in [6.07, 6.45) is -0.816. The van der Waals surface area contributed by atoms with Gasteiger partial charge >= 0.3 is 6.18 Å². The van der Waals surface area contributed by atoms with Crippen molar-refractivity contribution in [1.29, 1.82) is 0 Å². The number of nitrogens with one attached hydrogen (secondary N) is 1. The van der Waals surface area contributed by atoms with Gasteiger partial charge in [0, 0.05) is 17.1 Å². The maximum Gasteiger partial charge on any atom is 0.416 e.